The summed E-state index contributed by atoms with van der Waals surface area (Å²) in [5.41, 5.74) is 4.37. The lowest BCUT2D eigenvalue weighted by atomic mass is 9.99. The number of carbonyl (C=O) groups excluding carboxylic acids is 1. The minimum Gasteiger partial charge on any atom is -0.507 e. The standard InChI is InChI=1S/C21H27NO3/c1-5-19(25-6-2)13-22-21(24)17-9-7-16(8-10-17)18-11-14(3)20(23)15(4)12-18/h7-12,19,23H,5-6,13H2,1-4H3,(H,22,24)/t19-/m0/s1. The van der Waals surface area contributed by atoms with Crippen molar-refractivity contribution in [3.8, 4) is 16.9 Å². The fourth-order valence-electron chi connectivity index (χ4n) is 2.80. The fourth-order valence-corrected chi connectivity index (χ4v) is 2.80. The van der Waals surface area contributed by atoms with E-state index in [-0.39, 0.29) is 12.0 Å². The molecule has 4 heteroatoms. The van der Waals surface area contributed by atoms with Crippen LogP contribution >= 0.6 is 0 Å². The third-order valence-corrected chi connectivity index (χ3v) is 4.32. The van der Waals surface area contributed by atoms with E-state index in [4.69, 9.17) is 4.74 Å². The molecule has 0 unspecified atom stereocenters. The van der Waals surface area contributed by atoms with Crippen molar-refractivity contribution in [2.75, 3.05) is 13.2 Å². The monoisotopic (exact) mass is 341 g/mol. The summed E-state index contributed by atoms with van der Waals surface area (Å²) in [6, 6.07) is 11.4. The van der Waals surface area contributed by atoms with Gasteiger partial charge in [-0.2, -0.15) is 0 Å². The Labute approximate surface area is 149 Å². The van der Waals surface area contributed by atoms with E-state index < -0.39 is 0 Å². The average molecular weight is 341 g/mol. The molecule has 0 aliphatic rings. The number of hydrogen-bond donors (Lipinski definition) is 2. The van der Waals surface area contributed by atoms with Crippen LogP contribution in [0.2, 0.25) is 0 Å². The van der Waals surface area contributed by atoms with Gasteiger partial charge in [0.15, 0.2) is 0 Å². The molecule has 0 saturated heterocycles. The zero-order valence-corrected chi connectivity index (χ0v) is 15.4. The lowest BCUT2D eigenvalue weighted by Crippen LogP contribution is -2.33. The Bertz CT molecular complexity index is 699. The number of rotatable bonds is 7. The van der Waals surface area contributed by atoms with Gasteiger partial charge in [-0.25, -0.2) is 0 Å². The highest BCUT2D eigenvalue weighted by Crippen LogP contribution is 2.29. The number of hydrogen-bond acceptors (Lipinski definition) is 3. The first-order chi connectivity index (χ1) is 12.0. The van der Waals surface area contributed by atoms with Gasteiger partial charge in [0, 0.05) is 18.7 Å². The van der Waals surface area contributed by atoms with E-state index in [1.807, 2.05) is 64.1 Å². The van der Waals surface area contributed by atoms with Gasteiger partial charge in [0.2, 0.25) is 0 Å². The second kappa shape index (κ2) is 8.67. The topological polar surface area (TPSA) is 58.6 Å². The van der Waals surface area contributed by atoms with Crippen molar-refractivity contribution in [1.29, 1.82) is 0 Å². The average Bonchev–Trinajstić information content (AvgIpc) is 2.62. The summed E-state index contributed by atoms with van der Waals surface area (Å²) in [5.74, 6) is 0.238. The minimum absolute atomic E-state index is 0.0520. The highest BCUT2D eigenvalue weighted by Gasteiger charge is 2.11. The van der Waals surface area contributed by atoms with E-state index in [0.29, 0.717) is 24.5 Å². The van der Waals surface area contributed by atoms with Gasteiger partial charge >= 0.3 is 0 Å². The molecule has 0 heterocycles. The van der Waals surface area contributed by atoms with Crippen LogP contribution in [0.25, 0.3) is 11.1 Å². The fraction of sp³-hybridized carbons (Fsp3) is 0.381. The largest absolute Gasteiger partial charge is 0.507 e. The van der Waals surface area contributed by atoms with Crippen LogP contribution in [0, 0.1) is 13.8 Å². The number of amides is 1. The first kappa shape index (κ1) is 19.0. The Morgan fingerprint density at radius 3 is 2.20 bits per heavy atom. The molecule has 0 fully saturated rings. The Kier molecular flexibility index (Phi) is 6.59. The molecule has 2 aromatic carbocycles. The molecule has 0 radical (unpaired) electrons. The third-order valence-electron chi connectivity index (χ3n) is 4.32. The number of nitrogens with one attached hydrogen (secondary N) is 1. The van der Waals surface area contributed by atoms with Crippen molar-refractivity contribution in [2.45, 2.75) is 40.2 Å². The van der Waals surface area contributed by atoms with Gasteiger partial charge < -0.3 is 15.2 Å². The Morgan fingerprint density at radius 1 is 1.08 bits per heavy atom. The third kappa shape index (κ3) is 4.83. The minimum atomic E-state index is -0.0947. The first-order valence-electron chi connectivity index (χ1n) is 8.76. The highest BCUT2D eigenvalue weighted by atomic mass is 16.5. The Balaban J connectivity index is 2.08. The van der Waals surface area contributed by atoms with Gasteiger partial charge in [-0.3, -0.25) is 4.79 Å². The molecule has 2 aromatic rings. The van der Waals surface area contributed by atoms with Crippen LogP contribution in [-0.4, -0.2) is 30.3 Å². The van der Waals surface area contributed by atoms with E-state index in [9.17, 15) is 9.90 Å². The maximum atomic E-state index is 12.3. The zero-order chi connectivity index (χ0) is 18.4. The van der Waals surface area contributed by atoms with Crippen LogP contribution in [0.3, 0.4) is 0 Å². The van der Waals surface area contributed by atoms with Crippen molar-refractivity contribution in [3.63, 3.8) is 0 Å². The number of carbonyl (C=O) groups is 1. The Hall–Kier alpha value is -2.33. The van der Waals surface area contributed by atoms with Crippen LogP contribution in [0.15, 0.2) is 36.4 Å². The van der Waals surface area contributed by atoms with Gasteiger partial charge in [-0.15, -0.1) is 0 Å². The van der Waals surface area contributed by atoms with Gasteiger partial charge in [0.25, 0.3) is 5.91 Å². The second-order valence-electron chi connectivity index (χ2n) is 6.23. The summed E-state index contributed by atoms with van der Waals surface area (Å²) in [6.45, 7) is 8.93. The molecule has 134 valence electrons. The summed E-state index contributed by atoms with van der Waals surface area (Å²) in [5, 5.41) is 12.8. The van der Waals surface area contributed by atoms with Crippen molar-refractivity contribution in [2.24, 2.45) is 0 Å². The van der Waals surface area contributed by atoms with Crippen molar-refractivity contribution in [3.05, 3.63) is 53.1 Å². The zero-order valence-electron chi connectivity index (χ0n) is 15.4. The van der Waals surface area contributed by atoms with Crippen molar-refractivity contribution < 1.29 is 14.6 Å². The van der Waals surface area contributed by atoms with Crippen LogP contribution < -0.4 is 5.32 Å². The second-order valence-corrected chi connectivity index (χ2v) is 6.23. The predicted molar refractivity (Wildman–Crippen MR) is 101 cm³/mol. The van der Waals surface area contributed by atoms with Crippen LogP contribution in [-0.2, 0) is 4.74 Å². The van der Waals surface area contributed by atoms with E-state index in [1.54, 1.807) is 0 Å². The van der Waals surface area contributed by atoms with Crippen LogP contribution in [0.5, 0.6) is 5.75 Å². The summed E-state index contributed by atoms with van der Waals surface area (Å²) < 4.78 is 5.55. The maximum Gasteiger partial charge on any atom is 0.251 e. The molecule has 0 saturated carbocycles. The lowest BCUT2D eigenvalue weighted by Gasteiger charge is -2.15. The van der Waals surface area contributed by atoms with E-state index in [2.05, 4.69) is 5.32 Å². The molecule has 0 aliphatic heterocycles. The van der Waals surface area contributed by atoms with E-state index in [0.717, 1.165) is 28.7 Å². The van der Waals surface area contributed by atoms with Crippen LogP contribution in [0.4, 0.5) is 0 Å². The molecule has 2 N–H and O–H groups in total. The number of aromatic hydroxyl groups is 1. The number of phenolic OH excluding ortho intramolecular Hbond substituents is 1. The molecule has 0 spiro atoms. The molecule has 2 rings (SSSR count). The maximum absolute atomic E-state index is 12.3. The molecule has 1 atom stereocenters. The van der Waals surface area contributed by atoms with Gasteiger partial charge in [-0.1, -0.05) is 19.1 Å². The normalized spacial score (nSPS) is 12.0. The lowest BCUT2D eigenvalue weighted by molar-refractivity contribution is 0.0569. The summed E-state index contributed by atoms with van der Waals surface area (Å²) >= 11 is 0. The summed E-state index contributed by atoms with van der Waals surface area (Å²) in [4.78, 5) is 12.3. The Morgan fingerprint density at radius 2 is 1.68 bits per heavy atom. The number of benzene rings is 2. The SMILES string of the molecule is CCO[C@@H](CC)CNC(=O)c1ccc(-c2cc(C)c(O)c(C)c2)cc1. The summed E-state index contributed by atoms with van der Waals surface area (Å²) in [6.07, 6.45) is 0.920. The van der Waals surface area contributed by atoms with Crippen molar-refractivity contribution in [1.82, 2.24) is 5.32 Å². The smallest absolute Gasteiger partial charge is 0.251 e. The number of aryl methyl sites for hydroxylation is 2. The molecule has 0 aliphatic carbocycles. The molecule has 25 heavy (non-hydrogen) atoms. The van der Waals surface area contributed by atoms with Gasteiger partial charge in [0.1, 0.15) is 5.75 Å². The highest BCUT2D eigenvalue weighted by molar-refractivity contribution is 5.94. The van der Waals surface area contributed by atoms with Crippen LogP contribution in [0.1, 0.15) is 41.8 Å². The molecular weight excluding hydrogens is 314 g/mol. The molecular formula is C21H27NO3. The van der Waals surface area contributed by atoms with Crippen molar-refractivity contribution >= 4 is 5.91 Å². The number of phenols is 1. The van der Waals surface area contributed by atoms with Gasteiger partial charge in [0.05, 0.1) is 6.10 Å². The molecule has 4 nitrogen and oxygen atoms in total. The van der Waals surface area contributed by atoms with E-state index >= 15 is 0 Å². The van der Waals surface area contributed by atoms with E-state index in [1.165, 1.54) is 0 Å². The first-order valence-corrected chi connectivity index (χ1v) is 8.76. The summed E-state index contributed by atoms with van der Waals surface area (Å²) in [7, 11) is 0. The predicted octanol–water partition coefficient (Wildman–Crippen LogP) is 4.22. The molecule has 0 bridgehead atoms. The van der Waals surface area contributed by atoms with Gasteiger partial charge in [-0.05, 0) is 73.7 Å². The molecule has 1 amide bonds. The number of ether oxygens (including phenoxy) is 1. The molecule has 0 aromatic heterocycles. The quantitative estimate of drug-likeness (QED) is 0.793.